The summed E-state index contributed by atoms with van der Waals surface area (Å²) in [5.74, 6) is -0.491. The smallest absolute Gasteiger partial charge is 0.271 e. The van der Waals surface area contributed by atoms with Crippen LogP contribution in [0.1, 0.15) is 23.2 Å². The van der Waals surface area contributed by atoms with Crippen LogP contribution in [0.25, 0.3) is 5.69 Å². The van der Waals surface area contributed by atoms with E-state index in [4.69, 9.17) is 4.74 Å². The van der Waals surface area contributed by atoms with Crippen LogP contribution in [0.4, 0.5) is 4.39 Å². The lowest BCUT2D eigenvalue weighted by Crippen LogP contribution is -2.31. The zero-order chi connectivity index (χ0) is 20.9. The van der Waals surface area contributed by atoms with Crippen LogP contribution in [-0.2, 0) is 4.74 Å². The Morgan fingerprint density at radius 1 is 1.13 bits per heavy atom. The van der Waals surface area contributed by atoms with Crippen molar-refractivity contribution in [1.29, 1.82) is 0 Å². The Balaban J connectivity index is 1.47. The fourth-order valence-corrected chi connectivity index (χ4v) is 3.90. The highest BCUT2D eigenvalue weighted by atomic mass is 32.2. The molecule has 0 radical (unpaired) electrons. The molecule has 0 saturated carbocycles. The molecule has 1 aliphatic heterocycles. The van der Waals surface area contributed by atoms with Crippen molar-refractivity contribution in [3.63, 3.8) is 0 Å². The summed E-state index contributed by atoms with van der Waals surface area (Å²) in [6.07, 6.45) is 2.06. The van der Waals surface area contributed by atoms with Crippen LogP contribution >= 0.6 is 11.8 Å². The van der Waals surface area contributed by atoms with E-state index in [0.717, 1.165) is 24.3 Å². The van der Waals surface area contributed by atoms with Crippen molar-refractivity contribution in [3.8, 4) is 5.69 Å². The fraction of sp³-hybridized carbons (Fsp3) is 0.227. The van der Waals surface area contributed by atoms with Gasteiger partial charge in [-0.1, -0.05) is 11.8 Å². The maximum absolute atomic E-state index is 13.1. The molecule has 154 valence electrons. The summed E-state index contributed by atoms with van der Waals surface area (Å²) in [5.41, 5.74) is 0.771. The van der Waals surface area contributed by atoms with E-state index in [1.54, 1.807) is 42.5 Å². The highest BCUT2D eigenvalue weighted by molar-refractivity contribution is 7.99. The summed E-state index contributed by atoms with van der Waals surface area (Å²) in [5, 5.41) is 7.85. The van der Waals surface area contributed by atoms with E-state index in [2.05, 4.69) is 10.4 Å². The molecule has 8 heteroatoms. The van der Waals surface area contributed by atoms with Crippen LogP contribution in [-0.4, -0.2) is 34.9 Å². The van der Waals surface area contributed by atoms with Crippen LogP contribution in [0.3, 0.4) is 0 Å². The first-order valence-corrected chi connectivity index (χ1v) is 10.4. The Labute approximate surface area is 177 Å². The van der Waals surface area contributed by atoms with E-state index in [1.807, 2.05) is 0 Å². The number of amides is 1. The molecule has 1 N–H and O–H groups in total. The molecule has 0 spiro atoms. The largest absolute Gasteiger partial charge is 0.376 e. The van der Waals surface area contributed by atoms with E-state index in [1.165, 1.54) is 34.6 Å². The van der Waals surface area contributed by atoms with Gasteiger partial charge in [0.2, 0.25) is 0 Å². The molecule has 1 amide bonds. The fourth-order valence-electron chi connectivity index (χ4n) is 3.13. The van der Waals surface area contributed by atoms with Crippen molar-refractivity contribution in [2.75, 3.05) is 13.2 Å². The van der Waals surface area contributed by atoms with Crippen molar-refractivity contribution >= 4 is 17.7 Å². The third-order valence-electron chi connectivity index (χ3n) is 4.70. The summed E-state index contributed by atoms with van der Waals surface area (Å²) in [6.45, 7) is 1.24. The number of rotatable bonds is 6. The number of carbonyl (C=O) groups excluding carboxylic acids is 1. The van der Waals surface area contributed by atoms with Crippen LogP contribution < -0.4 is 10.9 Å². The SMILES string of the molecule is O=C(NC[C@@H]1CCCO1)c1ccc(-n2nc(Sc3ccc(F)cc3)ccc2=O)cc1. The molecule has 1 aliphatic rings. The van der Waals surface area contributed by atoms with Gasteiger partial charge in [0.1, 0.15) is 10.8 Å². The molecule has 1 fully saturated rings. The van der Waals surface area contributed by atoms with Gasteiger partial charge in [-0.25, -0.2) is 4.39 Å². The van der Waals surface area contributed by atoms with E-state index in [-0.39, 0.29) is 23.4 Å². The standard InChI is InChI=1S/C22H20FN3O3S/c23-16-5-9-19(10-6-16)30-20-11-12-21(27)26(25-20)17-7-3-15(4-8-17)22(28)24-14-18-2-1-13-29-18/h3-12,18H,1-2,13-14H2,(H,24,28)/t18-/m0/s1. The minimum absolute atomic E-state index is 0.0809. The number of halogens is 1. The zero-order valence-electron chi connectivity index (χ0n) is 16.1. The third-order valence-corrected chi connectivity index (χ3v) is 5.63. The number of benzene rings is 2. The van der Waals surface area contributed by atoms with Crippen molar-refractivity contribution < 1.29 is 13.9 Å². The molecule has 6 nitrogen and oxygen atoms in total. The van der Waals surface area contributed by atoms with E-state index < -0.39 is 0 Å². The second-order valence-electron chi connectivity index (χ2n) is 6.87. The lowest BCUT2D eigenvalue weighted by molar-refractivity contribution is 0.0858. The molecule has 4 rings (SSSR count). The number of hydrogen-bond acceptors (Lipinski definition) is 5. The Hall–Kier alpha value is -2.97. The van der Waals surface area contributed by atoms with Crippen LogP contribution in [0, 0.1) is 5.82 Å². The Bertz CT molecular complexity index is 1080. The number of ether oxygens (including phenoxy) is 1. The van der Waals surface area contributed by atoms with Gasteiger partial charge in [0, 0.05) is 29.7 Å². The average molecular weight is 425 g/mol. The average Bonchev–Trinajstić information content (AvgIpc) is 3.29. The van der Waals surface area contributed by atoms with E-state index >= 15 is 0 Å². The minimum atomic E-state index is -0.308. The van der Waals surface area contributed by atoms with Gasteiger partial charge in [-0.05, 0) is 67.4 Å². The molecular weight excluding hydrogens is 405 g/mol. The quantitative estimate of drug-likeness (QED) is 0.655. The van der Waals surface area contributed by atoms with Gasteiger partial charge in [0.15, 0.2) is 0 Å². The molecule has 0 bridgehead atoms. The van der Waals surface area contributed by atoms with Crippen molar-refractivity contribution in [2.24, 2.45) is 0 Å². The van der Waals surface area contributed by atoms with Gasteiger partial charge in [-0.2, -0.15) is 9.78 Å². The summed E-state index contributed by atoms with van der Waals surface area (Å²) >= 11 is 1.33. The highest BCUT2D eigenvalue weighted by Gasteiger charge is 2.16. The molecular formula is C22H20FN3O3S. The Morgan fingerprint density at radius 3 is 2.60 bits per heavy atom. The summed E-state index contributed by atoms with van der Waals surface area (Å²) in [4.78, 5) is 25.4. The van der Waals surface area contributed by atoms with Gasteiger partial charge in [-0.3, -0.25) is 9.59 Å². The van der Waals surface area contributed by atoms with Gasteiger partial charge in [-0.15, -0.1) is 0 Å². The predicted octanol–water partition coefficient (Wildman–Crippen LogP) is 3.43. The molecule has 1 atom stereocenters. The Morgan fingerprint density at radius 2 is 1.90 bits per heavy atom. The maximum atomic E-state index is 13.1. The first kappa shape index (κ1) is 20.3. The molecule has 1 aromatic heterocycles. The molecule has 0 unspecified atom stereocenters. The van der Waals surface area contributed by atoms with Crippen molar-refractivity contribution in [2.45, 2.75) is 28.9 Å². The predicted molar refractivity (Wildman–Crippen MR) is 112 cm³/mol. The normalized spacial score (nSPS) is 15.8. The maximum Gasteiger partial charge on any atom is 0.271 e. The lowest BCUT2D eigenvalue weighted by atomic mass is 10.2. The van der Waals surface area contributed by atoms with E-state index in [0.29, 0.717) is 22.8 Å². The van der Waals surface area contributed by atoms with E-state index in [9.17, 15) is 14.0 Å². The molecule has 2 aromatic carbocycles. The first-order chi connectivity index (χ1) is 14.6. The van der Waals surface area contributed by atoms with Crippen LogP contribution in [0.2, 0.25) is 0 Å². The molecule has 3 aromatic rings. The number of carbonyl (C=O) groups is 1. The minimum Gasteiger partial charge on any atom is -0.376 e. The monoisotopic (exact) mass is 425 g/mol. The third kappa shape index (κ3) is 4.95. The topological polar surface area (TPSA) is 73.2 Å². The lowest BCUT2D eigenvalue weighted by Gasteiger charge is -2.11. The number of aromatic nitrogens is 2. The number of nitrogens with zero attached hydrogens (tertiary/aromatic N) is 2. The number of nitrogens with one attached hydrogen (secondary N) is 1. The van der Waals surface area contributed by atoms with Gasteiger partial charge in [0.25, 0.3) is 11.5 Å². The second-order valence-corrected chi connectivity index (χ2v) is 7.96. The second kappa shape index (κ2) is 9.23. The van der Waals surface area contributed by atoms with Crippen molar-refractivity contribution in [3.05, 3.63) is 82.4 Å². The first-order valence-electron chi connectivity index (χ1n) is 9.62. The highest BCUT2D eigenvalue weighted by Crippen LogP contribution is 2.25. The van der Waals surface area contributed by atoms with Gasteiger partial charge in [0.05, 0.1) is 11.8 Å². The van der Waals surface area contributed by atoms with Crippen LogP contribution in [0.5, 0.6) is 0 Å². The summed E-state index contributed by atoms with van der Waals surface area (Å²) in [6, 6.07) is 15.8. The summed E-state index contributed by atoms with van der Waals surface area (Å²) in [7, 11) is 0. The molecule has 0 aliphatic carbocycles. The van der Waals surface area contributed by atoms with Gasteiger partial charge >= 0.3 is 0 Å². The Kier molecular flexibility index (Phi) is 6.25. The van der Waals surface area contributed by atoms with Gasteiger partial charge < -0.3 is 10.1 Å². The zero-order valence-corrected chi connectivity index (χ0v) is 16.9. The van der Waals surface area contributed by atoms with Crippen molar-refractivity contribution in [1.82, 2.24) is 15.1 Å². The summed E-state index contributed by atoms with van der Waals surface area (Å²) < 4.78 is 19.9. The molecule has 30 heavy (non-hydrogen) atoms. The van der Waals surface area contributed by atoms with Crippen LogP contribution in [0.15, 0.2) is 75.4 Å². The number of hydrogen-bond donors (Lipinski definition) is 1. The molecule has 1 saturated heterocycles. The molecule has 2 heterocycles.